The van der Waals surface area contributed by atoms with Gasteiger partial charge >= 0.3 is 29.6 Å². The molecule has 1 N–H and O–H groups in total. The maximum Gasteiger partial charge on any atom is 1.00 e. The number of nitrogens with one attached hydrogen (secondary N) is 1. The molecule has 0 unspecified atom stereocenters. The van der Waals surface area contributed by atoms with Crippen molar-refractivity contribution in [1.29, 1.82) is 0 Å². The number of carboxylic acids is 1. The Morgan fingerprint density at radius 1 is 0.641 bits per heavy atom. The Bertz CT molecular complexity index is 715. The first-order valence-electron chi connectivity index (χ1n) is 15.5. The first-order valence-corrected chi connectivity index (χ1v) is 15.5. The maximum atomic E-state index is 12.0. The Morgan fingerprint density at radius 2 is 1.03 bits per heavy atom. The van der Waals surface area contributed by atoms with Crippen LogP contribution in [0.2, 0.25) is 0 Å². The average Bonchev–Trinajstić information content (AvgIpc) is 2.93. The number of hydrogen-bond acceptors (Lipinski definition) is 5. The summed E-state index contributed by atoms with van der Waals surface area (Å²) < 4.78 is 0. The molecule has 0 spiro atoms. The topological polar surface area (TPSA) is 98.7 Å². The molecule has 0 aliphatic carbocycles. The van der Waals surface area contributed by atoms with Crippen molar-refractivity contribution in [1.82, 2.24) is 5.32 Å². The quantitative estimate of drug-likeness (QED) is 0.105. The molecule has 0 fully saturated rings. The third-order valence-electron chi connectivity index (χ3n) is 6.81. The SMILES string of the molecule is CCCCCCCCCCCCN=O.CCCCCCCCCCCCNC(=O)c1ccccc1C(=O)[O-].[Na+]. The summed E-state index contributed by atoms with van der Waals surface area (Å²) in [6.45, 7) is 5.57. The molecule has 0 bridgehead atoms. The molecule has 218 valence electrons. The van der Waals surface area contributed by atoms with Crippen LogP contribution in [-0.4, -0.2) is 25.0 Å². The van der Waals surface area contributed by atoms with E-state index in [4.69, 9.17) is 0 Å². The van der Waals surface area contributed by atoms with Gasteiger partial charge in [0.05, 0.1) is 12.5 Å². The molecule has 0 aliphatic heterocycles. The minimum absolute atomic E-state index is 0. The molecular formula is C32H55N2NaO4. The van der Waals surface area contributed by atoms with E-state index < -0.39 is 5.97 Å². The molecule has 7 heteroatoms. The van der Waals surface area contributed by atoms with Gasteiger partial charge in [0.2, 0.25) is 0 Å². The van der Waals surface area contributed by atoms with Crippen molar-refractivity contribution in [3.63, 3.8) is 0 Å². The Morgan fingerprint density at radius 3 is 1.44 bits per heavy atom. The minimum Gasteiger partial charge on any atom is -0.545 e. The van der Waals surface area contributed by atoms with Crippen LogP contribution in [0.1, 0.15) is 163 Å². The fourth-order valence-corrected chi connectivity index (χ4v) is 4.43. The van der Waals surface area contributed by atoms with Crippen LogP contribution in [0.15, 0.2) is 29.4 Å². The fraction of sp³-hybridized carbons (Fsp3) is 0.750. The smallest absolute Gasteiger partial charge is 0.545 e. The minimum atomic E-state index is -1.32. The summed E-state index contributed by atoms with van der Waals surface area (Å²) in [5.74, 6) is -1.66. The van der Waals surface area contributed by atoms with Crippen molar-refractivity contribution < 1.29 is 44.3 Å². The summed E-state index contributed by atoms with van der Waals surface area (Å²) in [7, 11) is 0. The van der Waals surface area contributed by atoms with Crippen molar-refractivity contribution in [3.8, 4) is 0 Å². The molecule has 0 saturated carbocycles. The predicted molar refractivity (Wildman–Crippen MR) is 157 cm³/mol. The first-order chi connectivity index (χ1) is 18.6. The standard InChI is InChI=1S/C20H31NO3.C12H25NO.Na/c1-2-3-4-5-6-7-8-9-10-13-16-21-19(22)17-14-11-12-15-18(17)20(23)24;1-2-3-4-5-6-7-8-9-10-11-12-13-14;/h11-12,14-15H,2-10,13,16H2,1H3,(H,21,22)(H,23,24);2-12H2,1H3;/q;;+1/p-1. The van der Waals surface area contributed by atoms with Crippen molar-refractivity contribution >= 4 is 11.9 Å². The van der Waals surface area contributed by atoms with Gasteiger partial charge in [-0.2, -0.15) is 4.91 Å². The zero-order chi connectivity index (χ0) is 28.1. The Labute approximate surface area is 261 Å². The second-order valence-electron chi connectivity index (χ2n) is 10.3. The summed E-state index contributed by atoms with van der Waals surface area (Å²) >= 11 is 0. The normalized spacial score (nSPS) is 10.2. The third-order valence-corrected chi connectivity index (χ3v) is 6.81. The molecule has 0 atom stereocenters. The molecule has 1 amide bonds. The summed E-state index contributed by atoms with van der Waals surface area (Å²) in [4.78, 5) is 32.8. The van der Waals surface area contributed by atoms with E-state index in [-0.39, 0.29) is 46.6 Å². The number of benzene rings is 1. The zero-order valence-corrected chi connectivity index (χ0v) is 27.4. The van der Waals surface area contributed by atoms with Crippen LogP contribution in [-0.2, 0) is 0 Å². The molecule has 1 rings (SSSR count). The van der Waals surface area contributed by atoms with Gasteiger partial charge in [-0.3, -0.25) is 4.79 Å². The molecule has 0 saturated heterocycles. The molecule has 1 aromatic carbocycles. The van der Waals surface area contributed by atoms with Gasteiger partial charge in [-0.15, -0.1) is 0 Å². The summed E-state index contributed by atoms with van der Waals surface area (Å²) in [6, 6.07) is 6.15. The largest absolute Gasteiger partial charge is 1.00 e. The zero-order valence-electron chi connectivity index (χ0n) is 25.4. The van der Waals surface area contributed by atoms with Gasteiger partial charge < -0.3 is 15.2 Å². The number of rotatable bonds is 24. The fourth-order valence-electron chi connectivity index (χ4n) is 4.43. The second kappa shape index (κ2) is 31.3. The number of carbonyl (C=O) groups excluding carboxylic acids is 2. The van der Waals surface area contributed by atoms with Crippen LogP contribution >= 0.6 is 0 Å². The number of nitrogens with zero attached hydrogens (tertiary/aromatic N) is 1. The molecule has 0 aromatic heterocycles. The maximum absolute atomic E-state index is 12.0. The number of unbranched alkanes of at least 4 members (excludes halogenated alkanes) is 18. The Kier molecular flexibility index (Phi) is 32.0. The molecule has 0 radical (unpaired) electrons. The van der Waals surface area contributed by atoms with Gasteiger partial charge in [0, 0.05) is 17.7 Å². The van der Waals surface area contributed by atoms with Gasteiger partial charge in [0.25, 0.3) is 5.91 Å². The van der Waals surface area contributed by atoms with E-state index in [0.29, 0.717) is 13.1 Å². The van der Waals surface area contributed by atoms with Gasteiger partial charge in [0.1, 0.15) is 0 Å². The number of carbonyl (C=O) groups is 2. The number of nitroso groups, excluding NO2 is 1. The Hall–Kier alpha value is -1.24. The van der Waals surface area contributed by atoms with Gasteiger partial charge in [-0.25, -0.2) is 0 Å². The third kappa shape index (κ3) is 25.5. The summed E-state index contributed by atoms with van der Waals surface area (Å²) in [5, 5.41) is 16.6. The van der Waals surface area contributed by atoms with E-state index >= 15 is 0 Å². The van der Waals surface area contributed by atoms with Crippen LogP contribution in [0.3, 0.4) is 0 Å². The monoisotopic (exact) mass is 554 g/mol. The van der Waals surface area contributed by atoms with E-state index in [1.807, 2.05) is 0 Å². The predicted octanol–water partition coefficient (Wildman–Crippen LogP) is 5.38. The molecule has 6 nitrogen and oxygen atoms in total. The van der Waals surface area contributed by atoms with Crippen molar-refractivity contribution in [2.24, 2.45) is 5.18 Å². The molecule has 0 aliphatic rings. The number of amides is 1. The average molecular weight is 555 g/mol. The van der Waals surface area contributed by atoms with E-state index in [0.717, 1.165) is 19.3 Å². The first kappa shape index (κ1) is 39.9. The van der Waals surface area contributed by atoms with E-state index in [1.54, 1.807) is 12.1 Å². The molecule has 0 heterocycles. The van der Waals surface area contributed by atoms with Gasteiger partial charge in [-0.05, 0) is 18.9 Å². The molecular weight excluding hydrogens is 499 g/mol. The molecule has 1 aromatic rings. The van der Waals surface area contributed by atoms with E-state index in [9.17, 15) is 19.6 Å². The number of hydrogen-bond donors (Lipinski definition) is 1. The number of aromatic carboxylic acids is 1. The van der Waals surface area contributed by atoms with Crippen LogP contribution < -0.4 is 40.0 Å². The van der Waals surface area contributed by atoms with Crippen molar-refractivity contribution in [2.45, 2.75) is 142 Å². The van der Waals surface area contributed by atoms with Crippen molar-refractivity contribution in [2.75, 3.05) is 13.1 Å². The number of carboxylic acid groups (broad SMARTS) is 1. The van der Waals surface area contributed by atoms with Crippen LogP contribution in [0.25, 0.3) is 0 Å². The van der Waals surface area contributed by atoms with Gasteiger partial charge in [0.15, 0.2) is 0 Å². The van der Waals surface area contributed by atoms with E-state index in [2.05, 4.69) is 24.3 Å². The Balaban J connectivity index is 0. The van der Waals surface area contributed by atoms with Crippen LogP contribution in [0.4, 0.5) is 0 Å². The summed E-state index contributed by atoms with van der Waals surface area (Å²) in [5.41, 5.74) is 0.114. The van der Waals surface area contributed by atoms with Crippen LogP contribution in [0.5, 0.6) is 0 Å². The van der Waals surface area contributed by atoms with Gasteiger partial charge in [-0.1, -0.05) is 153 Å². The molecule has 39 heavy (non-hydrogen) atoms. The second-order valence-corrected chi connectivity index (χ2v) is 10.3. The van der Waals surface area contributed by atoms with Crippen LogP contribution in [0, 0.1) is 4.91 Å². The van der Waals surface area contributed by atoms with Crippen molar-refractivity contribution in [3.05, 3.63) is 40.3 Å². The van der Waals surface area contributed by atoms with E-state index in [1.165, 1.54) is 121 Å². The summed E-state index contributed by atoms with van der Waals surface area (Å²) in [6.07, 6.45) is 25.5.